The van der Waals surface area contributed by atoms with Gasteiger partial charge in [0.15, 0.2) is 5.78 Å². The normalized spacial score (nSPS) is 19.1. The van der Waals surface area contributed by atoms with Crippen LogP contribution in [0.2, 0.25) is 5.02 Å². The molecule has 0 bridgehead atoms. The lowest BCUT2D eigenvalue weighted by Crippen LogP contribution is -2.39. The van der Waals surface area contributed by atoms with E-state index in [1.54, 1.807) is 0 Å². The number of aryl methyl sites for hydroxylation is 2. The number of allylic oxidation sites excluding steroid dienone is 3. The summed E-state index contributed by atoms with van der Waals surface area (Å²) in [5.74, 6) is 0.0292. The number of nitrogens with zero attached hydrogens (tertiary/aromatic N) is 2. The lowest BCUT2D eigenvalue weighted by molar-refractivity contribution is -0.116. The predicted molar refractivity (Wildman–Crippen MR) is 120 cm³/mol. The molecule has 4 rings (SSSR count). The summed E-state index contributed by atoms with van der Waals surface area (Å²) in [4.78, 5) is 15.1. The number of ketones is 1. The molecule has 0 saturated carbocycles. The fourth-order valence-corrected chi connectivity index (χ4v) is 4.83. The van der Waals surface area contributed by atoms with E-state index in [9.17, 15) is 10.1 Å². The number of hydrogen-bond donors (Lipinski definition) is 1. The van der Waals surface area contributed by atoms with Gasteiger partial charge in [-0.3, -0.25) is 9.69 Å². The molecule has 0 fully saturated rings. The van der Waals surface area contributed by atoms with Gasteiger partial charge in [0.25, 0.3) is 0 Å². The number of carbonyl (C=O) groups excluding carboxylic acids is 1. The van der Waals surface area contributed by atoms with Gasteiger partial charge < -0.3 is 5.73 Å². The summed E-state index contributed by atoms with van der Waals surface area (Å²) in [6.45, 7) is 5.99. The summed E-state index contributed by atoms with van der Waals surface area (Å²) in [5.41, 5.74) is 13.5. The zero-order chi connectivity index (χ0) is 21.6. The fourth-order valence-electron chi connectivity index (χ4n) is 4.66. The van der Waals surface area contributed by atoms with Crippen molar-refractivity contribution in [1.82, 2.24) is 0 Å². The van der Waals surface area contributed by atoms with E-state index in [0.717, 1.165) is 46.5 Å². The number of nitrogens with two attached hydrogens (primary N) is 1. The summed E-state index contributed by atoms with van der Waals surface area (Å²) in [6.07, 6.45) is 1.98. The lowest BCUT2D eigenvalue weighted by atomic mass is 9.74. The Morgan fingerprint density at radius 3 is 2.63 bits per heavy atom. The Hall–Kier alpha value is -3.03. The van der Waals surface area contributed by atoms with Crippen molar-refractivity contribution in [3.8, 4) is 6.07 Å². The van der Waals surface area contributed by atoms with Crippen molar-refractivity contribution in [2.45, 2.75) is 46.0 Å². The van der Waals surface area contributed by atoms with Crippen molar-refractivity contribution in [2.75, 3.05) is 4.90 Å². The molecule has 0 amide bonds. The van der Waals surface area contributed by atoms with Crippen molar-refractivity contribution in [2.24, 2.45) is 5.73 Å². The van der Waals surface area contributed by atoms with E-state index in [0.29, 0.717) is 28.4 Å². The summed E-state index contributed by atoms with van der Waals surface area (Å²) < 4.78 is 0. The van der Waals surface area contributed by atoms with Crippen LogP contribution in [0.25, 0.3) is 0 Å². The molecule has 1 heterocycles. The van der Waals surface area contributed by atoms with Gasteiger partial charge in [-0.05, 0) is 62.4 Å². The highest BCUT2D eigenvalue weighted by molar-refractivity contribution is 6.31. The van der Waals surface area contributed by atoms with Gasteiger partial charge in [0, 0.05) is 22.7 Å². The van der Waals surface area contributed by atoms with Crippen LogP contribution in [0.4, 0.5) is 5.69 Å². The van der Waals surface area contributed by atoms with Crippen LogP contribution < -0.4 is 10.6 Å². The van der Waals surface area contributed by atoms with E-state index in [-0.39, 0.29) is 5.78 Å². The van der Waals surface area contributed by atoms with Gasteiger partial charge in [0.1, 0.15) is 5.82 Å². The van der Waals surface area contributed by atoms with E-state index in [4.69, 9.17) is 17.3 Å². The Kier molecular flexibility index (Phi) is 5.17. The van der Waals surface area contributed by atoms with E-state index in [1.165, 1.54) is 0 Å². The topological polar surface area (TPSA) is 70.1 Å². The van der Waals surface area contributed by atoms with Crippen molar-refractivity contribution in [3.63, 3.8) is 0 Å². The summed E-state index contributed by atoms with van der Waals surface area (Å²) in [7, 11) is 0. The molecule has 2 aromatic rings. The smallest absolute Gasteiger partial charge is 0.161 e. The van der Waals surface area contributed by atoms with E-state index in [1.807, 2.05) is 56.0 Å². The van der Waals surface area contributed by atoms with Crippen molar-refractivity contribution in [1.29, 1.82) is 5.26 Å². The molecule has 1 aliphatic heterocycles. The highest BCUT2D eigenvalue weighted by atomic mass is 35.5. The highest BCUT2D eigenvalue weighted by Gasteiger charge is 2.41. The highest BCUT2D eigenvalue weighted by Crippen LogP contribution is 2.47. The molecule has 1 aliphatic carbocycles. The molecule has 4 nitrogen and oxygen atoms in total. The molecule has 2 N–H and O–H groups in total. The minimum atomic E-state index is -0.436. The van der Waals surface area contributed by atoms with E-state index >= 15 is 0 Å². The Morgan fingerprint density at radius 1 is 1.17 bits per heavy atom. The first-order valence-electron chi connectivity index (χ1n) is 10.1. The van der Waals surface area contributed by atoms with Crippen LogP contribution in [0.3, 0.4) is 0 Å². The average molecular weight is 418 g/mol. The average Bonchev–Trinajstić information content (AvgIpc) is 2.70. The van der Waals surface area contributed by atoms with Gasteiger partial charge >= 0.3 is 0 Å². The molecule has 30 heavy (non-hydrogen) atoms. The maximum absolute atomic E-state index is 13.2. The molecule has 0 radical (unpaired) electrons. The van der Waals surface area contributed by atoms with Gasteiger partial charge in [0.2, 0.25) is 0 Å². The Morgan fingerprint density at radius 2 is 1.93 bits per heavy atom. The second kappa shape index (κ2) is 7.66. The van der Waals surface area contributed by atoms with Crippen molar-refractivity contribution < 1.29 is 4.79 Å². The first-order chi connectivity index (χ1) is 14.3. The molecular weight excluding hydrogens is 394 g/mol. The number of Topliss-reactive ketones (excluding diaryl/α,β-unsaturated/α-hetero) is 1. The van der Waals surface area contributed by atoms with Crippen molar-refractivity contribution >= 4 is 23.1 Å². The number of rotatable bonds is 2. The SMILES string of the molecule is Cc1ccc(C2C(C#N)=C(N)N(c3cccc(Cl)c3C)C3=C2C(=O)CCC3)c(C)c1. The molecule has 5 heteroatoms. The maximum Gasteiger partial charge on any atom is 0.161 e. The third-order valence-corrected chi connectivity index (χ3v) is 6.54. The minimum absolute atomic E-state index is 0.0890. The zero-order valence-corrected chi connectivity index (χ0v) is 18.2. The number of benzene rings is 2. The van der Waals surface area contributed by atoms with Gasteiger partial charge in [-0.25, -0.2) is 0 Å². The van der Waals surface area contributed by atoms with Crippen LogP contribution in [0.5, 0.6) is 0 Å². The zero-order valence-electron chi connectivity index (χ0n) is 17.4. The molecule has 152 valence electrons. The second-order valence-electron chi connectivity index (χ2n) is 8.06. The second-order valence-corrected chi connectivity index (χ2v) is 8.47. The lowest BCUT2D eigenvalue weighted by Gasteiger charge is -2.40. The molecule has 1 unspecified atom stereocenters. The van der Waals surface area contributed by atoms with Gasteiger partial charge in [0.05, 0.1) is 23.2 Å². The third kappa shape index (κ3) is 3.11. The minimum Gasteiger partial charge on any atom is -0.384 e. The van der Waals surface area contributed by atoms with Crippen LogP contribution in [-0.2, 0) is 4.79 Å². The van der Waals surface area contributed by atoms with Crippen LogP contribution in [0.15, 0.2) is 59.1 Å². The van der Waals surface area contributed by atoms with Gasteiger partial charge in [-0.15, -0.1) is 0 Å². The fraction of sp³-hybridized carbons (Fsp3) is 0.280. The molecule has 0 aromatic heterocycles. The molecule has 0 saturated heterocycles. The van der Waals surface area contributed by atoms with Gasteiger partial charge in [-0.1, -0.05) is 41.4 Å². The van der Waals surface area contributed by atoms with Crippen LogP contribution in [0.1, 0.15) is 47.4 Å². The van der Waals surface area contributed by atoms with Crippen molar-refractivity contribution in [3.05, 3.63) is 86.3 Å². The molecule has 1 atom stereocenters. The monoisotopic (exact) mass is 417 g/mol. The Labute approximate surface area is 182 Å². The van der Waals surface area contributed by atoms with E-state index < -0.39 is 5.92 Å². The molecular formula is C25H24ClN3O. The number of hydrogen-bond acceptors (Lipinski definition) is 4. The van der Waals surface area contributed by atoms with E-state index in [2.05, 4.69) is 12.1 Å². The first-order valence-corrected chi connectivity index (χ1v) is 10.5. The van der Waals surface area contributed by atoms with Crippen LogP contribution in [0, 0.1) is 32.1 Å². The number of nitriles is 1. The molecule has 2 aromatic carbocycles. The Bertz CT molecular complexity index is 1170. The summed E-state index contributed by atoms with van der Waals surface area (Å²) in [6, 6.07) is 14.1. The maximum atomic E-state index is 13.2. The quantitative estimate of drug-likeness (QED) is 0.693. The number of carbonyl (C=O) groups is 1. The van der Waals surface area contributed by atoms with Crippen LogP contribution >= 0.6 is 11.6 Å². The summed E-state index contributed by atoms with van der Waals surface area (Å²) >= 11 is 6.38. The Balaban J connectivity index is 2.02. The summed E-state index contributed by atoms with van der Waals surface area (Å²) in [5, 5.41) is 10.8. The molecule has 0 spiro atoms. The third-order valence-electron chi connectivity index (χ3n) is 6.13. The number of halogens is 1. The first kappa shape index (κ1) is 20.3. The number of anilines is 1. The largest absolute Gasteiger partial charge is 0.384 e. The molecule has 2 aliphatic rings. The standard InChI is InChI=1S/C25H24ClN3O/c1-14-10-11-17(15(2)12-14)23-18(13-27)25(28)29(20-7-4-6-19(26)16(20)3)21-8-5-9-22(30)24(21)23/h4,6-7,10-12,23H,5,8-9,28H2,1-3H3. The predicted octanol–water partition coefficient (Wildman–Crippen LogP) is 5.57. The van der Waals surface area contributed by atoms with Crippen LogP contribution in [-0.4, -0.2) is 5.78 Å². The van der Waals surface area contributed by atoms with Gasteiger partial charge in [-0.2, -0.15) is 5.26 Å².